The lowest BCUT2D eigenvalue weighted by Crippen LogP contribution is -2.48. The summed E-state index contributed by atoms with van der Waals surface area (Å²) in [6.07, 6.45) is 2.52. The van der Waals surface area contributed by atoms with Crippen LogP contribution in [0.1, 0.15) is 37.4 Å². The van der Waals surface area contributed by atoms with Crippen LogP contribution in [-0.4, -0.2) is 58.6 Å². The van der Waals surface area contributed by atoms with Gasteiger partial charge in [-0.2, -0.15) is 0 Å². The molecule has 2 heterocycles. The predicted molar refractivity (Wildman–Crippen MR) is 148 cm³/mol. The SMILES string of the molecule is COc1ccc2ncc(Cl)c(C(O)CCC3(C(=O)NO)CCN(CCSc4ccccc4Cl)CC3)c2c1. The second kappa shape index (κ2) is 12.7. The van der Waals surface area contributed by atoms with Crippen LogP contribution in [0.3, 0.4) is 0 Å². The van der Waals surface area contributed by atoms with E-state index in [0.29, 0.717) is 52.9 Å². The Balaban J connectivity index is 1.40. The van der Waals surface area contributed by atoms with Crippen molar-refractivity contribution >= 4 is 51.8 Å². The Kier molecular flexibility index (Phi) is 9.56. The Morgan fingerprint density at radius 3 is 2.68 bits per heavy atom. The lowest BCUT2D eigenvalue weighted by atomic mass is 9.73. The molecule has 1 aliphatic rings. The van der Waals surface area contributed by atoms with Crippen molar-refractivity contribution in [3.63, 3.8) is 0 Å². The van der Waals surface area contributed by atoms with Crippen LogP contribution in [0.4, 0.5) is 0 Å². The molecule has 1 amide bonds. The molecule has 1 aromatic heterocycles. The molecule has 1 fully saturated rings. The Bertz CT molecular complexity index is 1240. The van der Waals surface area contributed by atoms with Crippen molar-refractivity contribution < 1.29 is 19.8 Å². The van der Waals surface area contributed by atoms with Gasteiger partial charge in [0.05, 0.1) is 34.2 Å². The molecule has 0 bridgehead atoms. The van der Waals surface area contributed by atoms with Crippen molar-refractivity contribution in [2.45, 2.75) is 36.7 Å². The first kappa shape index (κ1) is 28.0. The lowest BCUT2D eigenvalue weighted by Gasteiger charge is -2.40. The van der Waals surface area contributed by atoms with Crippen molar-refractivity contribution in [3.05, 3.63) is 64.3 Å². The largest absolute Gasteiger partial charge is 0.497 e. The highest BCUT2D eigenvalue weighted by molar-refractivity contribution is 7.99. The fourth-order valence-corrected chi connectivity index (χ4v) is 6.48. The quantitative estimate of drug-likeness (QED) is 0.164. The molecular formula is C27H31Cl2N3O4S. The molecule has 37 heavy (non-hydrogen) atoms. The molecule has 3 aromatic rings. The Morgan fingerprint density at radius 1 is 1.22 bits per heavy atom. The molecule has 0 saturated carbocycles. The number of hydrogen-bond donors (Lipinski definition) is 3. The minimum atomic E-state index is -0.904. The number of rotatable bonds is 10. The number of hydroxylamine groups is 1. The molecule has 198 valence electrons. The first-order valence-electron chi connectivity index (χ1n) is 12.2. The van der Waals surface area contributed by atoms with E-state index in [4.69, 9.17) is 27.9 Å². The Labute approximate surface area is 231 Å². The summed E-state index contributed by atoms with van der Waals surface area (Å²) in [5, 5.41) is 22.5. The Hall–Kier alpha value is -2.07. The third-order valence-corrected chi connectivity index (χ3v) is 8.99. The maximum absolute atomic E-state index is 12.8. The summed E-state index contributed by atoms with van der Waals surface area (Å²) in [6.45, 7) is 2.32. The lowest BCUT2D eigenvalue weighted by molar-refractivity contribution is -0.143. The van der Waals surface area contributed by atoms with Crippen LogP contribution in [0, 0.1) is 5.41 Å². The normalized spacial score (nSPS) is 16.5. The van der Waals surface area contributed by atoms with E-state index < -0.39 is 17.4 Å². The van der Waals surface area contributed by atoms with Crippen LogP contribution in [0.5, 0.6) is 5.75 Å². The first-order chi connectivity index (χ1) is 17.9. The van der Waals surface area contributed by atoms with Crippen molar-refractivity contribution in [2.75, 3.05) is 32.5 Å². The summed E-state index contributed by atoms with van der Waals surface area (Å²) < 4.78 is 5.34. The fourth-order valence-electron chi connectivity index (χ4n) is 4.95. The number of aliphatic hydroxyl groups is 1. The van der Waals surface area contributed by atoms with Crippen LogP contribution in [-0.2, 0) is 4.79 Å². The molecular weight excluding hydrogens is 533 g/mol. The number of thioether (sulfide) groups is 1. The number of carbonyl (C=O) groups excluding carboxylic acids is 1. The van der Waals surface area contributed by atoms with E-state index in [1.807, 2.05) is 41.9 Å². The molecule has 0 spiro atoms. The van der Waals surface area contributed by atoms with E-state index in [0.717, 1.165) is 35.3 Å². The number of nitrogens with one attached hydrogen (secondary N) is 1. The number of ether oxygens (including phenoxy) is 1. The molecule has 1 aliphatic heterocycles. The molecule has 3 N–H and O–H groups in total. The highest BCUT2D eigenvalue weighted by Crippen LogP contribution is 2.41. The molecule has 0 aliphatic carbocycles. The number of fused-ring (bicyclic) bond motifs is 1. The van der Waals surface area contributed by atoms with Gasteiger partial charge in [-0.05, 0) is 69.1 Å². The van der Waals surface area contributed by atoms with Crippen LogP contribution in [0.2, 0.25) is 10.0 Å². The summed E-state index contributed by atoms with van der Waals surface area (Å²) in [5.74, 6) is 1.12. The van der Waals surface area contributed by atoms with Gasteiger partial charge in [0.25, 0.3) is 0 Å². The topological polar surface area (TPSA) is 94.9 Å². The number of likely N-dealkylation sites (tertiary alicyclic amines) is 1. The van der Waals surface area contributed by atoms with Crippen molar-refractivity contribution in [2.24, 2.45) is 5.41 Å². The van der Waals surface area contributed by atoms with E-state index in [-0.39, 0.29) is 0 Å². The van der Waals surface area contributed by atoms with Gasteiger partial charge in [0, 0.05) is 34.3 Å². The molecule has 0 radical (unpaired) electrons. The van der Waals surface area contributed by atoms with E-state index in [9.17, 15) is 15.1 Å². The third-order valence-electron chi connectivity index (χ3n) is 7.20. The second-order valence-corrected chi connectivity index (χ2v) is 11.3. The van der Waals surface area contributed by atoms with Crippen molar-refractivity contribution in [1.82, 2.24) is 15.4 Å². The number of pyridine rings is 1. The number of nitrogens with zero attached hydrogens (tertiary/aromatic N) is 2. The zero-order valence-corrected chi connectivity index (χ0v) is 23.0. The molecule has 1 unspecified atom stereocenters. The molecule has 2 aromatic carbocycles. The number of methoxy groups -OCH3 is 1. The average Bonchev–Trinajstić information content (AvgIpc) is 2.92. The Morgan fingerprint density at radius 2 is 1.97 bits per heavy atom. The van der Waals surface area contributed by atoms with Crippen LogP contribution in [0.25, 0.3) is 10.9 Å². The molecule has 1 saturated heterocycles. The number of amides is 1. The van der Waals surface area contributed by atoms with E-state index in [2.05, 4.69) is 9.88 Å². The molecule has 4 rings (SSSR count). The fraction of sp³-hybridized carbons (Fsp3) is 0.407. The second-order valence-electron chi connectivity index (χ2n) is 9.30. The van der Waals surface area contributed by atoms with Gasteiger partial charge in [0.1, 0.15) is 5.75 Å². The number of halogens is 2. The van der Waals surface area contributed by atoms with Gasteiger partial charge in [-0.3, -0.25) is 15.0 Å². The standard InChI is InChI=1S/C27H31Cl2N3O4S/c1-36-18-6-7-22-19(16-18)25(21(29)17-30-22)23(33)8-9-27(26(34)31-35)10-12-32(13-11-27)14-15-37-24-5-3-2-4-20(24)28/h2-7,16-17,23,33,35H,8-15H2,1H3,(H,31,34). The summed E-state index contributed by atoms with van der Waals surface area (Å²) in [4.78, 5) is 20.5. The van der Waals surface area contributed by atoms with Gasteiger partial charge in [-0.15, -0.1) is 11.8 Å². The maximum atomic E-state index is 12.8. The van der Waals surface area contributed by atoms with Gasteiger partial charge in [-0.25, -0.2) is 5.48 Å². The highest BCUT2D eigenvalue weighted by atomic mass is 35.5. The van der Waals surface area contributed by atoms with Gasteiger partial charge in [0.15, 0.2) is 0 Å². The minimum Gasteiger partial charge on any atom is -0.497 e. The zero-order chi connectivity index (χ0) is 26.4. The minimum absolute atomic E-state index is 0.311. The smallest absolute Gasteiger partial charge is 0.249 e. The number of aromatic nitrogens is 1. The average molecular weight is 565 g/mol. The number of carbonyl (C=O) groups is 1. The monoisotopic (exact) mass is 563 g/mol. The van der Waals surface area contributed by atoms with E-state index >= 15 is 0 Å². The summed E-state index contributed by atoms with van der Waals surface area (Å²) in [6, 6.07) is 13.2. The highest BCUT2D eigenvalue weighted by Gasteiger charge is 2.41. The van der Waals surface area contributed by atoms with Crippen LogP contribution in [0.15, 0.2) is 53.6 Å². The third kappa shape index (κ3) is 6.50. The zero-order valence-electron chi connectivity index (χ0n) is 20.6. The first-order valence-corrected chi connectivity index (χ1v) is 14.0. The van der Waals surface area contributed by atoms with Crippen LogP contribution >= 0.6 is 35.0 Å². The summed E-state index contributed by atoms with van der Waals surface area (Å²) in [5.41, 5.74) is 2.37. The van der Waals surface area contributed by atoms with Crippen molar-refractivity contribution in [3.8, 4) is 5.75 Å². The van der Waals surface area contributed by atoms with Gasteiger partial charge in [0.2, 0.25) is 5.91 Å². The number of benzene rings is 2. The predicted octanol–water partition coefficient (Wildman–Crippen LogP) is 5.74. The number of hydrogen-bond acceptors (Lipinski definition) is 7. The van der Waals surface area contributed by atoms with Crippen LogP contribution < -0.4 is 10.2 Å². The van der Waals surface area contributed by atoms with E-state index in [1.165, 1.54) is 6.20 Å². The number of piperidine rings is 1. The van der Waals surface area contributed by atoms with Crippen molar-refractivity contribution in [1.29, 1.82) is 0 Å². The van der Waals surface area contributed by atoms with Gasteiger partial charge in [-0.1, -0.05) is 35.3 Å². The molecule has 10 heteroatoms. The summed E-state index contributed by atoms with van der Waals surface area (Å²) in [7, 11) is 1.58. The van der Waals surface area contributed by atoms with E-state index in [1.54, 1.807) is 24.9 Å². The molecule has 7 nitrogen and oxygen atoms in total. The van der Waals surface area contributed by atoms with Gasteiger partial charge < -0.3 is 14.7 Å². The summed E-state index contributed by atoms with van der Waals surface area (Å²) >= 11 is 14.4. The molecule has 1 atom stereocenters. The number of aliphatic hydroxyl groups excluding tert-OH is 1. The maximum Gasteiger partial charge on any atom is 0.249 e. The van der Waals surface area contributed by atoms with Gasteiger partial charge >= 0.3 is 0 Å².